The molecule has 3 aromatic rings. The highest BCUT2D eigenvalue weighted by Gasteiger charge is 2.43. The van der Waals surface area contributed by atoms with Crippen LogP contribution in [-0.2, 0) is 4.79 Å². The smallest absolute Gasteiger partial charge is 0.269 e. The monoisotopic (exact) mass is 401 g/mol. The number of benzene rings is 1. The number of carbonyl (C=O) groups excluding carboxylic acids is 1. The van der Waals surface area contributed by atoms with Gasteiger partial charge in [0.1, 0.15) is 12.0 Å². The van der Waals surface area contributed by atoms with Crippen molar-refractivity contribution in [1.82, 2.24) is 9.97 Å². The Labute approximate surface area is 164 Å². The summed E-state index contributed by atoms with van der Waals surface area (Å²) in [6.45, 7) is 1.76. The lowest BCUT2D eigenvalue weighted by atomic mass is 9.99. The van der Waals surface area contributed by atoms with Crippen LogP contribution in [0.4, 0.5) is 19.0 Å². The minimum absolute atomic E-state index is 0.0738. The van der Waals surface area contributed by atoms with Gasteiger partial charge in [-0.25, -0.2) is 18.2 Å². The van der Waals surface area contributed by atoms with Crippen LogP contribution in [0, 0.1) is 12.8 Å². The number of nitrogens with zero attached hydrogens (tertiary/aromatic N) is 2. The third-order valence-electron chi connectivity index (χ3n) is 5.01. The zero-order valence-corrected chi connectivity index (χ0v) is 15.4. The summed E-state index contributed by atoms with van der Waals surface area (Å²) in [5.41, 5.74) is 2.20. The molecule has 2 aromatic heterocycles. The molecule has 1 amide bonds. The van der Waals surface area contributed by atoms with E-state index in [-0.39, 0.29) is 18.0 Å². The lowest BCUT2D eigenvalue weighted by Crippen LogP contribution is -2.15. The fraction of sp³-hybridized carbons (Fsp3) is 0.286. The van der Waals surface area contributed by atoms with Gasteiger partial charge in [0.05, 0.1) is 11.6 Å². The van der Waals surface area contributed by atoms with E-state index in [0.29, 0.717) is 11.4 Å². The third kappa shape index (κ3) is 3.93. The number of pyridine rings is 2. The van der Waals surface area contributed by atoms with Crippen LogP contribution < -0.4 is 5.32 Å². The van der Waals surface area contributed by atoms with Gasteiger partial charge >= 0.3 is 0 Å². The topological polar surface area (TPSA) is 75.1 Å². The molecule has 0 aliphatic heterocycles. The second-order valence-electron chi connectivity index (χ2n) is 7.18. The number of aliphatic hydroxyl groups excluding tert-OH is 1. The fourth-order valence-corrected chi connectivity index (χ4v) is 3.20. The van der Waals surface area contributed by atoms with Crippen LogP contribution in [0.1, 0.15) is 23.8 Å². The number of hydrogen-bond acceptors (Lipinski definition) is 4. The molecular weight excluding hydrogens is 383 g/mol. The minimum Gasteiger partial charge on any atom is -0.381 e. The Morgan fingerprint density at radius 2 is 1.93 bits per heavy atom. The third-order valence-corrected chi connectivity index (χ3v) is 5.01. The summed E-state index contributed by atoms with van der Waals surface area (Å²) in [5.74, 6) is -0.594. The van der Waals surface area contributed by atoms with Crippen molar-refractivity contribution < 1.29 is 23.1 Å². The van der Waals surface area contributed by atoms with Crippen LogP contribution in [0.2, 0.25) is 0 Å². The van der Waals surface area contributed by atoms with E-state index >= 15 is 0 Å². The minimum atomic E-state index is -2.90. The molecule has 1 aliphatic carbocycles. The van der Waals surface area contributed by atoms with Gasteiger partial charge < -0.3 is 10.4 Å². The maximum absolute atomic E-state index is 13.0. The molecule has 3 atom stereocenters. The number of aliphatic hydroxyl groups is 1. The average molecular weight is 401 g/mol. The average Bonchev–Trinajstić information content (AvgIpc) is 3.43. The quantitative estimate of drug-likeness (QED) is 0.672. The summed E-state index contributed by atoms with van der Waals surface area (Å²) in [6, 6.07) is 8.72. The van der Waals surface area contributed by atoms with Crippen molar-refractivity contribution >= 4 is 22.5 Å². The molecule has 1 aromatic carbocycles. The van der Waals surface area contributed by atoms with Crippen LogP contribution in [0.25, 0.3) is 21.9 Å². The molecule has 1 aliphatic rings. The van der Waals surface area contributed by atoms with E-state index in [2.05, 4.69) is 15.3 Å². The van der Waals surface area contributed by atoms with Crippen molar-refractivity contribution in [1.29, 1.82) is 0 Å². The van der Waals surface area contributed by atoms with Gasteiger partial charge in [-0.3, -0.25) is 9.78 Å². The number of alkyl halides is 3. The molecule has 2 heterocycles. The first-order valence-corrected chi connectivity index (χ1v) is 9.11. The highest BCUT2D eigenvalue weighted by molar-refractivity contribution is 5.96. The molecule has 4 rings (SSSR count). The highest BCUT2D eigenvalue weighted by Crippen LogP contribution is 2.35. The second kappa shape index (κ2) is 7.44. The van der Waals surface area contributed by atoms with E-state index in [0.717, 1.165) is 21.9 Å². The van der Waals surface area contributed by atoms with Gasteiger partial charge in [0, 0.05) is 23.3 Å². The van der Waals surface area contributed by atoms with Crippen molar-refractivity contribution in [3.05, 3.63) is 54.0 Å². The Morgan fingerprint density at radius 1 is 1.17 bits per heavy atom. The molecular formula is C21H18F3N3O2. The lowest BCUT2D eigenvalue weighted by Gasteiger charge is -2.13. The summed E-state index contributed by atoms with van der Waals surface area (Å²) in [7, 11) is 0. The molecule has 1 fully saturated rings. The van der Waals surface area contributed by atoms with Gasteiger partial charge in [-0.2, -0.15) is 0 Å². The molecule has 0 saturated heterocycles. The number of aryl methyl sites for hydroxylation is 1. The Bertz CT molecular complexity index is 1090. The summed E-state index contributed by atoms with van der Waals surface area (Å²) in [4.78, 5) is 20.0. The largest absolute Gasteiger partial charge is 0.381 e. The maximum atomic E-state index is 13.0. The van der Waals surface area contributed by atoms with Crippen molar-refractivity contribution in [2.75, 3.05) is 5.32 Å². The zero-order chi connectivity index (χ0) is 20.7. The predicted octanol–water partition coefficient (Wildman–Crippen LogP) is 4.20. The number of halogens is 3. The molecule has 0 radical (unpaired) electrons. The molecule has 2 N–H and O–H groups in total. The van der Waals surface area contributed by atoms with Crippen molar-refractivity contribution in [3.63, 3.8) is 0 Å². The van der Waals surface area contributed by atoms with E-state index in [1.54, 1.807) is 19.2 Å². The summed E-state index contributed by atoms with van der Waals surface area (Å²) in [5, 5.41) is 13.8. The fourth-order valence-electron chi connectivity index (χ4n) is 3.20. The highest BCUT2D eigenvalue weighted by atomic mass is 19.3. The normalized spacial score (nSPS) is 19.4. The van der Waals surface area contributed by atoms with E-state index < -0.39 is 24.6 Å². The first-order valence-electron chi connectivity index (χ1n) is 9.11. The second-order valence-corrected chi connectivity index (χ2v) is 7.18. The summed E-state index contributed by atoms with van der Waals surface area (Å²) < 4.78 is 38.4. The molecule has 1 unspecified atom stereocenters. The summed E-state index contributed by atoms with van der Waals surface area (Å²) >= 11 is 0. The van der Waals surface area contributed by atoms with E-state index in [1.807, 2.05) is 18.2 Å². The van der Waals surface area contributed by atoms with Gasteiger partial charge in [0.15, 0.2) is 6.10 Å². The first kappa shape index (κ1) is 19.3. The molecule has 0 bridgehead atoms. The standard InChI is InChI=1S/C21H18F3N3O2/c1-10-4-17(19(28)20(23)24)25-9-15(10)12-3-2-11-6-18(26-8-13(11)5-12)27-21(29)14-7-16(14)22/h2-6,8-9,14,16,19-20,28H,7H2,1H3,(H,26,27,29)/t14-,16+,19?/m1/s1. The molecule has 1 saturated carbocycles. The predicted molar refractivity (Wildman–Crippen MR) is 102 cm³/mol. The number of nitrogens with one attached hydrogen (secondary N) is 1. The number of anilines is 1. The van der Waals surface area contributed by atoms with Gasteiger partial charge in [0.2, 0.25) is 5.91 Å². The van der Waals surface area contributed by atoms with Crippen LogP contribution >= 0.6 is 0 Å². The Hall–Kier alpha value is -3.00. The van der Waals surface area contributed by atoms with Gasteiger partial charge in [0.25, 0.3) is 6.43 Å². The van der Waals surface area contributed by atoms with Gasteiger partial charge in [-0.1, -0.05) is 12.1 Å². The molecule has 29 heavy (non-hydrogen) atoms. The van der Waals surface area contributed by atoms with Gasteiger partial charge in [-0.15, -0.1) is 0 Å². The van der Waals surface area contributed by atoms with Gasteiger partial charge in [-0.05, 0) is 48.1 Å². The Balaban J connectivity index is 1.59. The number of hydrogen-bond donors (Lipinski definition) is 2. The number of fused-ring (bicyclic) bond motifs is 1. The Morgan fingerprint density at radius 3 is 2.59 bits per heavy atom. The van der Waals surface area contributed by atoms with E-state index in [4.69, 9.17) is 0 Å². The molecule has 8 heteroatoms. The lowest BCUT2D eigenvalue weighted by molar-refractivity contribution is -0.117. The van der Waals surface area contributed by atoms with Crippen molar-refractivity contribution in [2.24, 2.45) is 5.92 Å². The van der Waals surface area contributed by atoms with E-state index in [9.17, 15) is 23.1 Å². The van der Waals surface area contributed by atoms with Crippen LogP contribution in [0.3, 0.4) is 0 Å². The SMILES string of the molecule is Cc1cc(C(O)C(F)F)ncc1-c1ccc2cc(NC(=O)[C@@H]3C[C@@H]3F)ncc2c1. The maximum Gasteiger partial charge on any atom is 0.269 e. The zero-order valence-electron chi connectivity index (χ0n) is 15.4. The number of carbonyl (C=O) groups is 1. The van der Waals surface area contributed by atoms with Crippen LogP contribution in [0.5, 0.6) is 0 Å². The van der Waals surface area contributed by atoms with Crippen LogP contribution in [-0.4, -0.2) is 33.6 Å². The van der Waals surface area contributed by atoms with Crippen LogP contribution in [0.15, 0.2) is 42.7 Å². The number of rotatable bonds is 5. The summed E-state index contributed by atoms with van der Waals surface area (Å²) in [6.07, 6.45) is -2.56. The van der Waals surface area contributed by atoms with Crippen molar-refractivity contribution in [2.45, 2.75) is 32.0 Å². The molecule has 5 nitrogen and oxygen atoms in total. The first-order chi connectivity index (χ1) is 13.8. The molecule has 150 valence electrons. The number of aromatic nitrogens is 2. The van der Waals surface area contributed by atoms with Crippen molar-refractivity contribution in [3.8, 4) is 11.1 Å². The molecule has 0 spiro atoms. The number of amides is 1. The Kier molecular flexibility index (Phi) is 4.96. The van der Waals surface area contributed by atoms with E-state index in [1.165, 1.54) is 12.3 Å².